The summed E-state index contributed by atoms with van der Waals surface area (Å²) in [7, 11) is 4.54. The number of nitriles is 1. The lowest BCUT2D eigenvalue weighted by Gasteiger charge is -2.27. The Morgan fingerprint density at radius 1 is 1.08 bits per heavy atom. The fourth-order valence-corrected chi connectivity index (χ4v) is 3.06. The Morgan fingerprint density at radius 3 is 2.27 bits per heavy atom. The molecule has 0 spiro atoms. The highest BCUT2D eigenvalue weighted by atomic mass is 16.5. The molecule has 0 saturated heterocycles. The number of rotatable bonds is 4. The molecule has 0 fully saturated rings. The maximum absolute atomic E-state index is 9.91. The van der Waals surface area contributed by atoms with Gasteiger partial charge in [0.05, 0.1) is 27.2 Å². The normalized spacial score (nSPS) is 15.5. The van der Waals surface area contributed by atoms with Gasteiger partial charge in [-0.05, 0) is 35.9 Å². The summed E-state index contributed by atoms with van der Waals surface area (Å²) in [6, 6.07) is 10.2. The van der Waals surface area contributed by atoms with Gasteiger partial charge in [0.1, 0.15) is 23.1 Å². The lowest BCUT2D eigenvalue weighted by Crippen LogP contribution is -2.21. The Balaban J connectivity index is 2.28. The third-order valence-corrected chi connectivity index (χ3v) is 4.22. The fourth-order valence-electron chi connectivity index (χ4n) is 3.06. The maximum atomic E-state index is 9.91. The molecule has 3 N–H and O–H groups in total. The summed E-state index contributed by atoms with van der Waals surface area (Å²) in [4.78, 5) is 0. The predicted molar refractivity (Wildman–Crippen MR) is 93.5 cm³/mol. The van der Waals surface area contributed by atoms with Crippen LogP contribution in [0.15, 0.2) is 41.8 Å². The van der Waals surface area contributed by atoms with Gasteiger partial charge in [-0.25, -0.2) is 0 Å². The zero-order chi connectivity index (χ0) is 18.8. The molecule has 26 heavy (non-hydrogen) atoms. The fraction of sp³-hybridized carbons (Fsp3) is 0.211. The van der Waals surface area contributed by atoms with E-state index in [1.165, 1.54) is 27.4 Å². The number of phenolic OH excluding ortho intramolecular Hbond substituents is 1. The molecule has 7 nitrogen and oxygen atoms in total. The lowest BCUT2D eigenvalue weighted by atomic mass is 9.83. The van der Waals surface area contributed by atoms with E-state index in [1.54, 1.807) is 24.3 Å². The number of nitrogens with zero attached hydrogens (tertiary/aromatic N) is 1. The van der Waals surface area contributed by atoms with Gasteiger partial charge < -0.3 is 29.8 Å². The van der Waals surface area contributed by atoms with Gasteiger partial charge in [-0.3, -0.25) is 0 Å². The van der Waals surface area contributed by atoms with E-state index in [0.717, 1.165) is 0 Å². The number of methoxy groups -OCH3 is 3. The average molecular weight is 354 g/mol. The van der Waals surface area contributed by atoms with E-state index < -0.39 is 5.92 Å². The average Bonchev–Trinajstić information content (AvgIpc) is 2.65. The van der Waals surface area contributed by atoms with Crippen LogP contribution in [0.4, 0.5) is 0 Å². The minimum Gasteiger partial charge on any atom is -0.508 e. The minimum absolute atomic E-state index is 0.0180. The number of hydrogen-bond acceptors (Lipinski definition) is 7. The molecule has 1 heterocycles. The van der Waals surface area contributed by atoms with Crippen molar-refractivity contribution in [3.05, 3.63) is 52.9 Å². The highest BCUT2D eigenvalue weighted by Gasteiger charge is 2.32. The number of allylic oxidation sites excluding steroid dienone is 1. The first-order chi connectivity index (χ1) is 12.5. The van der Waals surface area contributed by atoms with Crippen molar-refractivity contribution in [2.45, 2.75) is 5.92 Å². The van der Waals surface area contributed by atoms with Gasteiger partial charge in [0.25, 0.3) is 0 Å². The summed E-state index contributed by atoms with van der Waals surface area (Å²) >= 11 is 0. The van der Waals surface area contributed by atoms with Crippen LogP contribution < -0.4 is 24.7 Å². The smallest absolute Gasteiger partial charge is 0.205 e. The second kappa shape index (κ2) is 6.76. The van der Waals surface area contributed by atoms with Crippen molar-refractivity contribution < 1.29 is 24.1 Å². The molecule has 1 aliphatic rings. The molecule has 1 atom stereocenters. The lowest BCUT2D eigenvalue weighted by molar-refractivity contribution is 0.323. The molecule has 7 heteroatoms. The van der Waals surface area contributed by atoms with Crippen LogP contribution >= 0.6 is 0 Å². The van der Waals surface area contributed by atoms with Crippen LogP contribution in [0.25, 0.3) is 0 Å². The standard InChI is InChI=1S/C19H18N2O5/c1-23-15-6-10(7-16(24-2)18(15)25-3)17-12-8-11(22)4-5-14(12)26-19(21)13(17)9-20/h4-8,17,22H,21H2,1-3H3. The Labute approximate surface area is 150 Å². The summed E-state index contributed by atoms with van der Waals surface area (Å²) in [5, 5.41) is 19.5. The molecule has 0 bridgehead atoms. The number of benzene rings is 2. The van der Waals surface area contributed by atoms with Gasteiger partial charge >= 0.3 is 0 Å². The van der Waals surface area contributed by atoms with Crippen molar-refractivity contribution in [1.82, 2.24) is 0 Å². The molecule has 0 aliphatic carbocycles. The van der Waals surface area contributed by atoms with Gasteiger partial charge in [0.2, 0.25) is 11.6 Å². The first-order valence-corrected chi connectivity index (χ1v) is 7.74. The number of phenols is 1. The molecule has 0 aromatic heterocycles. The number of hydrogen-bond donors (Lipinski definition) is 2. The second-order valence-corrected chi connectivity index (χ2v) is 5.61. The first kappa shape index (κ1) is 17.3. The van der Waals surface area contributed by atoms with Crippen LogP contribution in [0.3, 0.4) is 0 Å². The van der Waals surface area contributed by atoms with Crippen molar-refractivity contribution in [2.75, 3.05) is 21.3 Å². The second-order valence-electron chi connectivity index (χ2n) is 5.61. The Hall–Kier alpha value is -3.53. The van der Waals surface area contributed by atoms with E-state index in [9.17, 15) is 10.4 Å². The number of ether oxygens (including phenoxy) is 4. The third-order valence-electron chi connectivity index (χ3n) is 4.22. The summed E-state index contributed by atoms with van der Waals surface area (Å²) in [6.45, 7) is 0. The van der Waals surface area contributed by atoms with E-state index in [0.29, 0.717) is 34.1 Å². The quantitative estimate of drug-likeness (QED) is 0.869. The molecule has 2 aromatic carbocycles. The summed E-state index contributed by atoms with van der Waals surface area (Å²) in [5.41, 5.74) is 7.49. The van der Waals surface area contributed by atoms with E-state index in [4.69, 9.17) is 24.7 Å². The minimum atomic E-state index is -0.551. The van der Waals surface area contributed by atoms with Crippen molar-refractivity contribution in [3.63, 3.8) is 0 Å². The van der Waals surface area contributed by atoms with Crippen LogP contribution in [-0.4, -0.2) is 26.4 Å². The Kier molecular flexibility index (Phi) is 4.50. The Bertz CT molecular complexity index is 905. The van der Waals surface area contributed by atoms with Crippen LogP contribution in [0, 0.1) is 11.3 Å². The SMILES string of the molecule is COc1cc(C2C(C#N)=C(N)Oc3ccc(O)cc32)cc(OC)c1OC. The predicted octanol–water partition coefficient (Wildman–Crippen LogP) is 2.64. The first-order valence-electron chi connectivity index (χ1n) is 7.74. The molecule has 0 radical (unpaired) electrons. The molecular formula is C19H18N2O5. The van der Waals surface area contributed by atoms with Crippen molar-refractivity contribution >= 4 is 0 Å². The van der Waals surface area contributed by atoms with Gasteiger partial charge in [-0.1, -0.05) is 0 Å². The molecule has 0 amide bonds. The van der Waals surface area contributed by atoms with Gasteiger partial charge in [0.15, 0.2) is 11.5 Å². The van der Waals surface area contributed by atoms with Crippen molar-refractivity contribution in [3.8, 4) is 34.8 Å². The summed E-state index contributed by atoms with van der Waals surface area (Å²) < 4.78 is 21.7. The molecule has 1 unspecified atom stereocenters. The van der Waals surface area contributed by atoms with E-state index in [2.05, 4.69) is 6.07 Å². The highest BCUT2D eigenvalue weighted by Crippen LogP contribution is 2.47. The summed E-state index contributed by atoms with van der Waals surface area (Å²) in [5.74, 6) is 1.34. The highest BCUT2D eigenvalue weighted by molar-refractivity contribution is 5.62. The third kappa shape index (κ3) is 2.71. The van der Waals surface area contributed by atoms with Crippen LogP contribution in [0.2, 0.25) is 0 Å². The zero-order valence-corrected chi connectivity index (χ0v) is 14.6. The Morgan fingerprint density at radius 2 is 1.73 bits per heavy atom. The largest absolute Gasteiger partial charge is 0.508 e. The molecule has 0 saturated carbocycles. The zero-order valence-electron chi connectivity index (χ0n) is 14.6. The van der Waals surface area contributed by atoms with Gasteiger partial charge in [0, 0.05) is 5.56 Å². The molecule has 134 valence electrons. The van der Waals surface area contributed by atoms with Crippen molar-refractivity contribution in [2.24, 2.45) is 5.73 Å². The van der Waals surface area contributed by atoms with E-state index in [1.807, 2.05) is 0 Å². The molecular weight excluding hydrogens is 336 g/mol. The van der Waals surface area contributed by atoms with Crippen molar-refractivity contribution in [1.29, 1.82) is 5.26 Å². The summed E-state index contributed by atoms with van der Waals surface area (Å²) in [6.07, 6.45) is 0. The van der Waals surface area contributed by atoms with Gasteiger partial charge in [-0.15, -0.1) is 0 Å². The number of fused-ring (bicyclic) bond motifs is 1. The molecule has 3 rings (SSSR count). The van der Waals surface area contributed by atoms with Crippen LogP contribution in [0.1, 0.15) is 17.0 Å². The molecule has 1 aliphatic heterocycles. The number of nitrogens with two attached hydrogens (primary N) is 1. The van der Waals surface area contributed by atoms with Crippen LogP contribution in [0.5, 0.6) is 28.7 Å². The topological polar surface area (TPSA) is 107 Å². The monoisotopic (exact) mass is 354 g/mol. The van der Waals surface area contributed by atoms with Crippen LogP contribution in [-0.2, 0) is 0 Å². The number of aromatic hydroxyl groups is 1. The maximum Gasteiger partial charge on any atom is 0.205 e. The molecule has 2 aromatic rings. The van der Waals surface area contributed by atoms with Gasteiger partial charge in [-0.2, -0.15) is 5.26 Å². The van der Waals surface area contributed by atoms with E-state index in [-0.39, 0.29) is 17.2 Å². The van der Waals surface area contributed by atoms with E-state index >= 15 is 0 Å².